The molecular weight excluding hydrogens is 326 g/mol. The third-order valence-corrected chi connectivity index (χ3v) is 5.35. The summed E-state index contributed by atoms with van der Waals surface area (Å²) in [6.45, 7) is 3.02. The molecule has 1 aliphatic heterocycles. The lowest BCUT2D eigenvalue weighted by molar-refractivity contribution is -0.139. The van der Waals surface area contributed by atoms with Crippen molar-refractivity contribution in [2.45, 2.75) is 24.8 Å². The lowest BCUT2D eigenvalue weighted by Gasteiger charge is -2.49. The van der Waals surface area contributed by atoms with Crippen LogP contribution in [0.1, 0.15) is 19.3 Å². The highest BCUT2D eigenvalue weighted by molar-refractivity contribution is 6.31. The van der Waals surface area contributed by atoms with Gasteiger partial charge in [0.05, 0.1) is 18.7 Å². The van der Waals surface area contributed by atoms with E-state index in [1.165, 1.54) is 0 Å². The predicted octanol–water partition coefficient (Wildman–Crippen LogP) is 3.08. The number of hydrogen-bond acceptors (Lipinski definition) is 4. The molecule has 126 valence electrons. The predicted molar refractivity (Wildman–Crippen MR) is 94.4 cm³/mol. The van der Waals surface area contributed by atoms with Gasteiger partial charge in [-0.2, -0.15) is 0 Å². The van der Waals surface area contributed by atoms with E-state index < -0.39 is 5.54 Å². The molecule has 1 amide bonds. The number of anilines is 1. The molecule has 1 N–H and O–H groups in total. The minimum absolute atomic E-state index is 0.0459. The molecule has 1 aromatic heterocycles. The van der Waals surface area contributed by atoms with Gasteiger partial charge in [0.2, 0.25) is 5.91 Å². The number of amides is 1. The van der Waals surface area contributed by atoms with Crippen molar-refractivity contribution < 1.29 is 9.53 Å². The lowest BCUT2D eigenvalue weighted by atomic mass is 9.74. The summed E-state index contributed by atoms with van der Waals surface area (Å²) in [4.78, 5) is 19.8. The Bertz CT molecular complexity index is 770. The Labute approximate surface area is 145 Å². The van der Waals surface area contributed by atoms with E-state index in [9.17, 15) is 4.79 Å². The normalized spacial score (nSPS) is 20.5. The number of pyridine rings is 1. The van der Waals surface area contributed by atoms with Gasteiger partial charge in [-0.25, -0.2) is 4.98 Å². The number of ether oxygens (including phenoxy) is 1. The molecule has 1 aliphatic carbocycles. The largest absolute Gasteiger partial charge is 0.379 e. The Morgan fingerprint density at radius 2 is 1.96 bits per heavy atom. The lowest BCUT2D eigenvalue weighted by Crippen LogP contribution is -2.63. The number of halogens is 1. The van der Waals surface area contributed by atoms with Crippen LogP contribution in [0.2, 0.25) is 5.02 Å². The van der Waals surface area contributed by atoms with E-state index >= 15 is 0 Å². The van der Waals surface area contributed by atoms with Gasteiger partial charge in [0, 0.05) is 23.5 Å². The molecule has 1 saturated carbocycles. The summed E-state index contributed by atoms with van der Waals surface area (Å²) in [5.74, 6) is 0.624. The highest BCUT2D eigenvalue weighted by atomic mass is 35.5. The zero-order valence-corrected chi connectivity index (χ0v) is 14.2. The zero-order valence-electron chi connectivity index (χ0n) is 13.4. The van der Waals surface area contributed by atoms with Crippen LogP contribution in [0.15, 0.2) is 30.3 Å². The van der Waals surface area contributed by atoms with Gasteiger partial charge in [-0.1, -0.05) is 17.7 Å². The number of rotatable bonds is 3. The monoisotopic (exact) mass is 345 g/mol. The third kappa shape index (κ3) is 2.77. The maximum Gasteiger partial charge on any atom is 0.246 e. The van der Waals surface area contributed by atoms with Gasteiger partial charge in [-0.15, -0.1) is 0 Å². The molecule has 0 spiro atoms. The molecule has 2 heterocycles. The molecule has 6 heteroatoms. The van der Waals surface area contributed by atoms with Gasteiger partial charge >= 0.3 is 0 Å². The molecule has 0 radical (unpaired) electrons. The highest BCUT2D eigenvalue weighted by Crippen LogP contribution is 2.39. The highest BCUT2D eigenvalue weighted by Gasteiger charge is 2.49. The number of nitrogens with zero attached hydrogens (tertiary/aromatic N) is 2. The number of aromatic nitrogens is 1. The number of carbonyl (C=O) groups is 1. The molecule has 4 rings (SSSR count). The molecule has 0 unspecified atom stereocenters. The second-order valence-corrected chi connectivity index (χ2v) is 6.91. The molecule has 1 aromatic carbocycles. The van der Waals surface area contributed by atoms with Crippen molar-refractivity contribution in [1.82, 2.24) is 9.88 Å². The minimum atomic E-state index is -0.394. The van der Waals surface area contributed by atoms with E-state index in [4.69, 9.17) is 16.3 Å². The topological polar surface area (TPSA) is 54.5 Å². The van der Waals surface area contributed by atoms with E-state index in [1.54, 1.807) is 0 Å². The van der Waals surface area contributed by atoms with Crippen LogP contribution in [-0.2, 0) is 9.53 Å². The molecule has 5 nitrogen and oxygen atoms in total. The van der Waals surface area contributed by atoms with Gasteiger partial charge in [0.15, 0.2) is 0 Å². The zero-order chi connectivity index (χ0) is 16.6. The number of carbonyl (C=O) groups excluding carboxylic acids is 1. The molecule has 2 aliphatic rings. The summed E-state index contributed by atoms with van der Waals surface area (Å²) in [7, 11) is 0. The van der Waals surface area contributed by atoms with Gasteiger partial charge in [-0.05, 0) is 43.5 Å². The number of hydrogen-bond donors (Lipinski definition) is 1. The van der Waals surface area contributed by atoms with Gasteiger partial charge < -0.3 is 10.1 Å². The second kappa shape index (κ2) is 6.31. The third-order valence-electron chi connectivity index (χ3n) is 5.12. The maximum absolute atomic E-state index is 13.0. The summed E-state index contributed by atoms with van der Waals surface area (Å²) in [5, 5.41) is 4.66. The minimum Gasteiger partial charge on any atom is -0.379 e. The van der Waals surface area contributed by atoms with Crippen molar-refractivity contribution in [3.05, 3.63) is 35.4 Å². The SMILES string of the molecule is O=C(Nc1ccc2ccc(Cl)cc2n1)C1(N2CCOCC2)CCC1. The van der Waals surface area contributed by atoms with Gasteiger partial charge in [0.25, 0.3) is 0 Å². The van der Waals surface area contributed by atoms with Crippen LogP contribution >= 0.6 is 11.6 Å². The standard InChI is InChI=1S/C18H20ClN3O2/c19-14-4-2-13-3-5-16(20-15(13)12-14)21-17(23)18(6-1-7-18)22-8-10-24-11-9-22/h2-5,12H,1,6-11H2,(H,20,21,23). The van der Waals surface area contributed by atoms with Crippen LogP contribution in [0, 0.1) is 0 Å². The van der Waals surface area contributed by atoms with Crippen molar-refractivity contribution in [1.29, 1.82) is 0 Å². The first-order valence-electron chi connectivity index (χ1n) is 8.38. The van der Waals surface area contributed by atoms with E-state index in [1.807, 2.05) is 30.3 Å². The summed E-state index contributed by atoms with van der Waals surface area (Å²) in [5.41, 5.74) is 0.392. The fraction of sp³-hybridized carbons (Fsp3) is 0.444. The Morgan fingerprint density at radius 3 is 2.67 bits per heavy atom. The van der Waals surface area contributed by atoms with Crippen molar-refractivity contribution in [3.63, 3.8) is 0 Å². The molecule has 24 heavy (non-hydrogen) atoms. The average molecular weight is 346 g/mol. The number of morpholine rings is 1. The van der Waals surface area contributed by atoms with Crippen LogP contribution in [0.4, 0.5) is 5.82 Å². The number of fused-ring (bicyclic) bond motifs is 1. The average Bonchev–Trinajstić information content (AvgIpc) is 2.54. The van der Waals surface area contributed by atoms with Crippen molar-refractivity contribution in [2.75, 3.05) is 31.6 Å². The molecular formula is C18H20ClN3O2. The molecule has 0 atom stereocenters. The number of benzene rings is 1. The van der Waals surface area contributed by atoms with Gasteiger partial charge in [-0.3, -0.25) is 9.69 Å². The smallest absolute Gasteiger partial charge is 0.246 e. The Balaban J connectivity index is 1.56. The number of nitrogens with one attached hydrogen (secondary N) is 1. The van der Waals surface area contributed by atoms with Crippen LogP contribution in [-0.4, -0.2) is 47.6 Å². The van der Waals surface area contributed by atoms with Crippen molar-refractivity contribution >= 4 is 34.2 Å². The van der Waals surface area contributed by atoms with Gasteiger partial charge in [0.1, 0.15) is 11.4 Å². The van der Waals surface area contributed by atoms with E-state index in [-0.39, 0.29) is 5.91 Å². The van der Waals surface area contributed by atoms with E-state index in [2.05, 4.69) is 15.2 Å². The van der Waals surface area contributed by atoms with Crippen LogP contribution < -0.4 is 5.32 Å². The van der Waals surface area contributed by atoms with E-state index in [0.29, 0.717) is 24.1 Å². The molecule has 0 bridgehead atoms. The summed E-state index contributed by atoms with van der Waals surface area (Å²) in [6.07, 6.45) is 2.89. The molecule has 2 aromatic rings. The van der Waals surface area contributed by atoms with E-state index in [0.717, 1.165) is 43.3 Å². The second-order valence-electron chi connectivity index (χ2n) is 6.47. The van der Waals surface area contributed by atoms with Crippen molar-refractivity contribution in [2.24, 2.45) is 0 Å². The first-order chi connectivity index (χ1) is 11.7. The summed E-state index contributed by atoms with van der Waals surface area (Å²) in [6, 6.07) is 9.38. The Morgan fingerprint density at radius 1 is 1.21 bits per heavy atom. The van der Waals surface area contributed by atoms with Crippen LogP contribution in [0.25, 0.3) is 10.9 Å². The van der Waals surface area contributed by atoms with Crippen LogP contribution in [0.3, 0.4) is 0 Å². The quantitative estimate of drug-likeness (QED) is 0.928. The fourth-order valence-corrected chi connectivity index (χ4v) is 3.75. The Hall–Kier alpha value is -1.69. The summed E-state index contributed by atoms with van der Waals surface area (Å²) >= 11 is 6.04. The fourth-order valence-electron chi connectivity index (χ4n) is 3.58. The summed E-state index contributed by atoms with van der Waals surface area (Å²) < 4.78 is 5.42. The van der Waals surface area contributed by atoms with Crippen molar-refractivity contribution in [3.8, 4) is 0 Å². The molecule has 2 fully saturated rings. The first kappa shape index (κ1) is 15.8. The van der Waals surface area contributed by atoms with Crippen LogP contribution in [0.5, 0.6) is 0 Å². The molecule has 1 saturated heterocycles. The first-order valence-corrected chi connectivity index (χ1v) is 8.76. The Kier molecular flexibility index (Phi) is 4.16. The maximum atomic E-state index is 13.0.